The number of hydrogen-bond donors (Lipinski definition) is 3. The molecule has 7 heteroatoms. The second-order valence-electron chi connectivity index (χ2n) is 5.20. The highest BCUT2D eigenvalue weighted by Crippen LogP contribution is 2.23. The van der Waals surface area contributed by atoms with Crippen molar-refractivity contribution in [2.45, 2.75) is 32.6 Å². The molecule has 0 unspecified atom stereocenters. The van der Waals surface area contributed by atoms with Gasteiger partial charge in [-0.25, -0.2) is 0 Å². The van der Waals surface area contributed by atoms with Crippen LogP contribution in [0.2, 0.25) is 0 Å². The Morgan fingerprint density at radius 3 is 2.63 bits per heavy atom. The monoisotopic (exact) mass is 269 g/mol. The first kappa shape index (κ1) is 15.2. The van der Waals surface area contributed by atoms with Gasteiger partial charge in [0.1, 0.15) is 0 Å². The van der Waals surface area contributed by atoms with Gasteiger partial charge in [0.25, 0.3) is 0 Å². The van der Waals surface area contributed by atoms with E-state index >= 15 is 0 Å². The first-order chi connectivity index (χ1) is 8.79. The van der Waals surface area contributed by atoms with E-state index in [2.05, 4.69) is 15.8 Å². The second kappa shape index (κ2) is 6.33. The van der Waals surface area contributed by atoms with Gasteiger partial charge in [0.2, 0.25) is 11.8 Å². The summed E-state index contributed by atoms with van der Waals surface area (Å²) in [5, 5.41) is 17.6. The van der Waals surface area contributed by atoms with Crippen LogP contribution in [0.15, 0.2) is 10.6 Å². The number of anilines is 1. The minimum Gasteiger partial charge on any atom is -0.481 e. The number of carbonyl (C=O) groups is 2. The van der Waals surface area contributed by atoms with Crippen LogP contribution in [-0.2, 0) is 15.0 Å². The number of amides is 1. The first-order valence-electron chi connectivity index (χ1n) is 5.98. The van der Waals surface area contributed by atoms with Crippen molar-refractivity contribution in [2.75, 3.05) is 18.4 Å². The third-order valence-corrected chi connectivity index (χ3v) is 2.34. The molecule has 0 aromatic carbocycles. The molecule has 0 saturated carbocycles. The molecule has 0 aliphatic carbocycles. The van der Waals surface area contributed by atoms with Crippen LogP contribution in [0.5, 0.6) is 0 Å². The fourth-order valence-electron chi connectivity index (χ4n) is 1.27. The van der Waals surface area contributed by atoms with Crippen molar-refractivity contribution in [3.8, 4) is 0 Å². The molecule has 106 valence electrons. The van der Waals surface area contributed by atoms with Crippen LogP contribution in [0.25, 0.3) is 0 Å². The van der Waals surface area contributed by atoms with Crippen LogP contribution in [0, 0.1) is 0 Å². The van der Waals surface area contributed by atoms with E-state index in [9.17, 15) is 9.59 Å². The summed E-state index contributed by atoms with van der Waals surface area (Å²) in [6.07, 6.45) is -0.0240. The number of carboxylic acid groups (broad SMARTS) is 1. The molecule has 3 N–H and O–H groups in total. The van der Waals surface area contributed by atoms with Crippen molar-refractivity contribution in [2.24, 2.45) is 0 Å². The number of carboxylic acids is 1. The number of rotatable bonds is 6. The van der Waals surface area contributed by atoms with Gasteiger partial charge in [-0.3, -0.25) is 14.9 Å². The number of carbonyl (C=O) groups excluding carboxylic acids is 1. The SMILES string of the molecule is CC(C)(C)c1cc(NC(=O)CNCCC(=O)O)on1. The lowest BCUT2D eigenvalue weighted by molar-refractivity contribution is -0.137. The van der Waals surface area contributed by atoms with Gasteiger partial charge in [0, 0.05) is 18.0 Å². The first-order valence-corrected chi connectivity index (χ1v) is 5.98. The highest BCUT2D eigenvalue weighted by atomic mass is 16.5. The predicted molar refractivity (Wildman–Crippen MR) is 69.0 cm³/mol. The lowest BCUT2D eigenvalue weighted by Crippen LogP contribution is -2.29. The Bertz CT molecular complexity index is 448. The smallest absolute Gasteiger partial charge is 0.304 e. The molecule has 0 saturated heterocycles. The van der Waals surface area contributed by atoms with Crippen molar-refractivity contribution in [1.29, 1.82) is 0 Å². The Morgan fingerprint density at radius 2 is 2.11 bits per heavy atom. The lowest BCUT2D eigenvalue weighted by Gasteiger charge is -2.12. The molecule has 0 fully saturated rings. The number of aliphatic carboxylic acids is 1. The molecule has 1 aromatic heterocycles. The van der Waals surface area contributed by atoms with Gasteiger partial charge in [0.05, 0.1) is 18.7 Å². The van der Waals surface area contributed by atoms with E-state index in [1.807, 2.05) is 20.8 Å². The molecule has 0 aliphatic heterocycles. The molecule has 19 heavy (non-hydrogen) atoms. The zero-order chi connectivity index (χ0) is 14.5. The fourth-order valence-corrected chi connectivity index (χ4v) is 1.27. The molecule has 7 nitrogen and oxygen atoms in total. The number of nitrogens with one attached hydrogen (secondary N) is 2. The Kier molecular flexibility index (Phi) is 5.05. The zero-order valence-corrected chi connectivity index (χ0v) is 11.3. The normalized spacial score (nSPS) is 11.3. The Labute approximate surface area is 111 Å². The number of hydrogen-bond acceptors (Lipinski definition) is 5. The average Bonchev–Trinajstić information content (AvgIpc) is 2.72. The van der Waals surface area contributed by atoms with Gasteiger partial charge in [-0.15, -0.1) is 0 Å². The van der Waals surface area contributed by atoms with E-state index in [-0.39, 0.29) is 36.7 Å². The van der Waals surface area contributed by atoms with Crippen molar-refractivity contribution >= 4 is 17.8 Å². The predicted octanol–water partition coefficient (Wildman–Crippen LogP) is 0.975. The fraction of sp³-hybridized carbons (Fsp3) is 0.583. The molecule has 0 bridgehead atoms. The Hall–Kier alpha value is -1.89. The highest BCUT2D eigenvalue weighted by molar-refractivity contribution is 5.91. The maximum Gasteiger partial charge on any atom is 0.304 e. The van der Waals surface area contributed by atoms with Crippen LogP contribution in [0.1, 0.15) is 32.9 Å². The molecule has 1 aromatic rings. The minimum absolute atomic E-state index is 0.0240. The molecular weight excluding hydrogens is 250 g/mol. The third kappa shape index (κ3) is 5.52. The van der Waals surface area contributed by atoms with Gasteiger partial charge in [-0.05, 0) is 0 Å². The van der Waals surface area contributed by atoms with Crippen molar-refractivity contribution in [3.05, 3.63) is 11.8 Å². The molecule has 1 heterocycles. The van der Waals surface area contributed by atoms with Crippen molar-refractivity contribution in [3.63, 3.8) is 0 Å². The quantitative estimate of drug-likeness (QED) is 0.665. The highest BCUT2D eigenvalue weighted by Gasteiger charge is 2.19. The lowest BCUT2D eigenvalue weighted by atomic mass is 9.92. The summed E-state index contributed by atoms with van der Waals surface area (Å²) >= 11 is 0. The summed E-state index contributed by atoms with van der Waals surface area (Å²) in [6, 6.07) is 1.68. The Balaban J connectivity index is 2.36. The molecule has 0 atom stereocenters. The summed E-state index contributed by atoms with van der Waals surface area (Å²) in [5.74, 6) is -0.921. The average molecular weight is 269 g/mol. The minimum atomic E-state index is -0.905. The van der Waals surface area contributed by atoms with E-state index < -0.39 is 5.97 Å². The molecule has 0 spiro atoms. The summed E-state index contributed by atoms with van der Waals surface area (Å²) < 4.78 is 5.00. The van der Waals surface area contributed by atoms with Crippen LogP contribution < -0.4 is 10.6 Å². The van der Waals surface area contributed by atoms with E-state index in [0.29, 0.717) is 0 Å². The van der Waals surface area contributed by atoms with E-state index in [1.54, 1.807) is 6.07 Å². The van der Waals surface area contributed by atoms with Crippen molar-refractivity contribution in [1.82, 2.24) is 10.5 Å². The van der Waals surface area contributed by atoms with Gasteiger partial charge >= 0.3 is 5.97 Å². The van der Waals surface area contributed by atoms with Gasteiger partial charge < -0.3 is 14.9 Å². The summed E-state index contributed by atoms with van der Waals surface area (Å²) in [4.78, 5) is 21.8. The van der Waals surface area contributed by atoms with Crippen molar-refractivity contribution < 1.29 is 19.2 Å². The van der Waals surface area contributed by atoms with Crippen LogP contribution >= 0.6 is 0 Å². The molecule has 1 rings (SSSR count). The van der Waals surface area contributed by atoms with Crippen LogP contribution in [0.3, 0.4) is 0 Å². The number of aromatic nitrogens is 1. The van der Waals surface area contributed by atoms with E-state index in [1.165, 1.54) is 0 Å². The standard InChI is InChI=1S/C12H19N3O4/c1-12(2,3)8-6-10(19-15-8)14-9(16)7-13-5-4-11(17)18/h6,13H,4-5,7H2,1-3H3,(H,14,16)(H,17,18). The summed E-state index contributed by atoms with van der Waals surface area (Å²) in [6.45, 7) is 6.24. The maximum absolute atomic E-state index is 11.5. The second-order valence-corrected chi connectivity index (χ2v) is 5.20. The van der Waals surface area contributed by atoms with Crippen LogP contribution in [-0.4, -0.2) is 35.2 Å². The van der Waals surface area contributed by atoms with Gasteiger partial charge in [-0.2, -0.15) is 0 Å². The molecular formula is C12H19N3O4. The zero-order valence-electron chi connectivity index (χ0n) is 11.3. The van der Waals surface area contributed by atoms with E-state index in [0.717, 1.165) is 5.69 Å². The molecule has 0 radical (unpaired) electrons. The maximum atomic E-state index is 11.5. The third-order valence-electron chi connectivity index (χ3n) is 2.34. The topological polar surface area (TPSA) is 104 Å². The molecule has 1 amide bonds. The van der Waals surface area contributed by atoms with Crippen LogP contribution in [0.4, 0.5) is 5.88 Å². The molecule has 0 aliphatic rings. The van der Waals surface area contributed by atoms with E-state index in [4.69, 9.17) is 9.63 Å². The van der Waals surface area contributed by atoms with Gasteiger partial charge in [0.15, 0.2) is 0 Å². The van der Waals surface area contributed by atoms with Gasteiger partial charge in [-0.1, -0.05) is 25.9 Å². The number of nitrogens with zero attached hydrogens (tertiary/aromatic N) is 1. The largest absolute Gasteiger partial charge is 0.481 e. The Morgan fingerprint density at radius 1 is 1.42 bits per heavy atom. The summed E-state index contributed by atoms with van der Waals surface area (Å²) in [7, 11) is 0. The summed E-state index contributed by atoms with van der Waals surface area (Å²) in [5.41, 5.74) is 0.605.